The third-order valence-corrected chi connectivity index (χ3v) is 5.55. The maximum atomic E-state index is 10.9. The van der Waals surface area contributed by atoms with E-state index in [1.54, 1.807) is 4.68 Å². The number of rotatable bonds is 7. The molecule has 10 nitrogen and oxygen atoms in total. The summed E-state index contributed by atoms with van der Waals surface area (Å²) in [5.41, 5.74) is 0.877. The van der Waals surface area contributed by atoms with Crippen LogP contribution in [0, 0.1) is 0 Å². The van der Waals surface area contributed by atoms with Gasteiger partial charge in [0.25, 0.3) is 0 Å². The van der Waals surface area contributed by atoms with Crippen LogP contribution in [0.1, 0.15) is 6.42 Å². The van der Waals surface area contributed by atoms with Crippen LogP contribution in [-0.4, -0.2) is 68.5 Å². The van der Waals surface area contributed by atoms with Gasteiger partial charge in [-0.15, -0.1) is 0 Å². The molecule has 5 rings (SSSR count). The van der Waals surface area contributed by atoms with Crippen molar-refractivity contribution in [3.05, 3.63) is 60.9 Å². The number of piperazine rings is 1. The zero-order valence-corrected chi connectivity index (χ0v) is 18.0. The lowest BCUT2D eigenvalue weighted by molar-refractivity contribution is -0.136. The number of carboxylic acids is 1. The second kappa shape index (κ2) is 9.11. The van der Waals surface area contributed by atoms with Gasteiger partial charge in [0, 0.05) is 56.6 Å². The van der Waals surface area contributed by atoms with Gasteiger partial charge in [0.05, 0.1) is 11.9 Å². The lowest BCUT2D eigenvalue weighted by Crippen LogP contribution is -2.47. The first-order valence-corrected chi connectivity index (χ1v) is 10.9. The van der Waals surface area contributed by atoms with E-state index in [1.165, 1.54) is 0 Å². The molecule has 0 unspecified atom stereocenters. The standard InChI is InChI=1S/C23H24N8O2/c32-22(33)8-10-25-23-26-20(30-13-11-29(12-14-30)19-7-3-4-9-24-19)15-21(27-23)31-16-17-5-1-2-6-18(17)28-31/h1-7,9,15-16H,8,10-14H2,(H,32,33)(H,25,26,27). The number of anilines is 3. The largest absolute Gasteiger partial charge is 0.481 e. The molecule has 1 saturated heterocycles. The zero-order valence-electron chi connectivity index (χ0n) is 18.0. The predicted molar refractivity (Wildman–Crippen MR) is 126 cm³/mol. The van der Waals surface area contributed by atoms with E-state index in [4.69, 9.17) is 5.11 Å². The fourth-order valence-electron chi connectivity index (χ4n) is 3.85. The number of aliphatic carboxylic acids is 1. The Labute approximate surface area is 190 Å². The smallest absolute Gasteiger partial charge is 0.305 e. The minimum absolute atomic E-state index is 0.0165. The van der Waals surface area contributed by atoms with Crippen LogP contribution in [0.2, 0.25) is 0 Å². The predicted octanol–water partition coefficient (Wildman–Crippen LogP) is 2.42. The molecule has 168 valence electrons. The van der Waals surface area contributed by atoms with E-state index in [0.717, 1.165) is 48.7 Å². The highest BCUT2D eigenvalue weighted by Crippen LogP contribution is 2.22. The molecule has 1 fully saturated rings. The molecule has 0 amide bonds. The second-order valence-electron chi connectivity index (χ2n) is 7.77. The maximum Gasteiger partial charge on any atom is 0.305 e. The molecule has 3 aromatic heterocycles. The average molecular weight is 444 g/mol. The zero-order chi connectivity index (χ0) is 22.6. The van der Waals surface area contributed by atoms with Gasteiger partial charge in [-0.1, -0.05) is 24.3 Å². The van der Waals surface area contributed by atoms with E-state index in [0.29, 0.717) is 11.8 Å². The summed E-state index contributed by atoms with van der Waals surface area (Å²) in [5.74, 6) is 1.89. The van der Waals surface area contributed by atoms with Crippen LogP contribution in [0.5, 0.6) is 0 Å². The third kappa shape index (κ3) is 4.69. The van der Waals surface area contributed by atoms with Crippen molar-refractivity contribution in [2.24, 2.45) is 0 Å². The number of pyridine rings is 1. The summed E-state index contributed by atoms with van der Waals surface area (Å²) >= 11 is 0. The van der Waals surface area contributed by atoms with Crippen LogP contribution in [-0.2, 0) is 4.79 Å². The molecule has 10 heteroatoms. The summed E-state index contributed by atoms with van der Waals surface area (Å²) in [7, 11) is 0. The minimum Gasteiger partial charge on any atom is -0.481 e. The van der Waals surface area contributed by atoms with Gasteiger partial charge in [-0.25, -0.2) is 9.67 Å². The molecular formula is C23H24N8O2. The number of carbonyl (C=O) groups is 1. The number of hydrogen-bond donors (Lipinski definition) is 2. The van der Waals surface area contributed by atoms with Crippen molar-refractivity contribution in [3.63, 3.8) is 0 Å². The topological polar surface area (TPSA) is 112 Å². The molecule has 4 aromatic rings. The summed E-state index contributed by atoms with van der Waals surface area (Å²) in [6.07, 6.45) is 3.72. The van der Waals surface area contributed by atoms with Crippen LogP contribution in [0.3, 0.4) is 0 Å². The van der Waals surface area contributed by atoms with Crippen molar-refractivity contribution in [1.29, 1.82) is 0 Å². The van der Waals surface area contributed by atoms with Crippen LogP contribution in [0.25, 0.3) is 16.7 Å². The van der Waals surface area contributed by atoms with E-state index in [2.05, 4.69) is 35.2 Å². The van der Waals surface area contributed by atoms with Gasteiger partial charge in [0.15, 0.2) is 5.82 Å². The van der Waals surface area contributed by atoms with Crippen molar-refractivity contribution in [3.8, 4) is 5.82 Å². The molecule has 4 heterocycles. The van der Waals surface area contributed by atoms with Crippen LogP contribution in [0.4, 0.5) is 17.6 Å². The number of nitrogens with one attached hydrogen (secondary N) is 1. The fourth-order valence-corrected chi connectivity index (χ4v) is 3.85. The number of aromatic nitrogens is 5. The quantitative estimate of drug-likeness (QED) is 0.444. The lowest BCUT2D eigenvalue weighted by atomic mass is 10.3. The first-order chi connectivity index (χ1) is 16.2. The molecule has 0 spiro atoms. The van der Waals surface area contributed by atoms with Crippen molar-refractivity contribution >= 4 is 34.5 Å². The molecule has 0 atom stereocenters. The van der Waals surface area contributed by atoms with E-state index in [-0.39, 0.29) is 13.0 Å². The first kappa shape index (κ1) is 20.7. The van der Waals surface area contributed by atoms with Crippen molar-refractivity contribution < 1.29 is 9.90 Å². The summed E-state index contributed by atoms with van der Waals surface area (Å²) in [5, 5.41) is 17.7. The maximum absolute atomic E-state index is 10.9. The van der Waals surface area contributed by atoms with E-state index in [1.807, 2.05) is 60.9 Å². The van der Waals surface area contributed by atoms with Gasteiger partial charge in [-0.2, -0.15) is 15.1 Å². The summed E-state index contributed by atoms with van der Waals surface area (Å²) in [6.45, 7) is 3.45. The van der Waals surface area contributed by atoms with Crippen molar-refractivity contribution in [2.45, 2.75) is 6.42 Å². The number of nitrogens with zero attached hydrogens (tertiary/aromatic N) is 7. The normalized spacial score (nSPS) is 13.9. The lowest BCUT2D eigenvalue weighted by Gasteiger charge is -2.36. The van der Waals surface area contributed by atoms with Crippen LogP contribution >= 0.6 is 0 Å². The van der Waals surface area contributed by atoms with Gasteiger partial charge >= 0.3 is 5.97 Å². The number of carboxylic acid groups (broad SMARTS) is 1. The highest BCUT2D eigenvalue weighted by molar-refractivity contribution is 5.78. The number of fused-ring (bicyclic) bond motifs is 1. The molecule has 2 N–H and O–H groups in total. The number of hydrogen-bond acceptors (Lipinski definition) is 8. The van der Waals surface area contributed by atoms with Gasteiger partial charge in [-0.3, -0.25) is 4.79 Å². The van der Waals surface area contributed by atoms with Gasteiger partial charge < -0.3 is 20.2 Å². The first-order valence-electron chi connectivity index (χ1n) is 10.9. The molecule has 1 aromatic carbocycles. The van der Waals surface area contributed by atoms with Gasteiger partial charge in [-0.05, 0) is 18.2 Å². The Morgan fingerprint density at radius 3 is 2.39 bits per heavy atom. The summed E-state index contributed by atoms with van der Waals surface area (Å²) in [6, 6.07) is 15.7. The Balaban J connectivity index is 1.41. The Bertz CT molecular complexity index is 1220. The molecular weight excluding hydrogens is 420 g/mol. The average Bonchev–Trinajstić information content (AvgIpc) is 3.29. The molecule has 33 heavy (non-hydrogen) atoms. The monoisotopic (exact) mass is 444 g/mol. The Kier molecular flexibility index (Phi) is 5.71. The third-order valence-electron chi connectivity index (χ3n) is 5.55. The minimum atomic E-state index is -0.872. The summed E-state index contributed by atoms with van der Waals surface area (Å²) < 4.78 is 1.74. The van der Waals surface area contributed by atoms with Crippen molar-refractivity contribution in [1.82, 2.24) is 24.7 Å². The SMILES string of the molecule is O=C(O)CCNc1nc(N2CCN(c3ccccn3)CC2)cc(-n2cc3ccccc3n2)n1. The Morgan fingerprint density at radius 2 is 1.67 bits per heavy atom. The number of benzene rings is 1. The highest BCUT2D eigenvalue weighted by atomic mass is 16.4. The fraction of sp³-hybridized carbons (Fsp3) is 0.261. The molecule has 0 saturated carbocycles. The highest BCUT2D eigenvalue weighted by Gasteiger charge is 2.21. The molecule has 1 aliphatic heterocycles. The molecule has 0 radical (unpaired) electrons. The van der Waals surface area contributed by atoms with Crippen LogP contribution in [0.15, 0.2) is 60.9 Å². The van der Waals surface area contributed by atoms with Gasteiger partial charge in [0.1, 0.15) is 11.6 Å². The van der Waals surface area contributed by atoms with E-state index < -0.39 is 5.97 Å². The Morgan fingerprint density at radius 1 is 0.939 bits per heavy atom. The van der Waals surface area contributed by atoms with E-state index in [9.17, 15) is 4.79 Å². The van der Waals surface area contributed by atoms with Crippen molar-refractivity contribution in [2.75, 3.05) is 47.8 Å². The second-order valence-corrected chi connectivity index (χ2v) is 7.77. The van der Waals surface area contributed by atoms with Gasteiger partial charge in [0.2, 0.25) is 5.95 Å². The Hall–Kier alpha value is -4.21. The van der Waals surface area contributed by atoms with Crippen LogP contribution < -0.4 is 15.1 Å². The molecule has 1 aliphatic rings. The van der Waals surface area contributed by atoms with E-state index >= 15 is 0 Å². The summed E-state index contributed by atoms with van der Waals surface area (Å²) in [4.78, 5) is 29.1. The molecule has 0 bridgehead atoms. The molecule has 0 aliphatic carbocycles.